The van der Waals surface area contributed by atoms with Crippen LogP contribution in [0.3, 0.4) is 0 Å². The Balaban J connectivity index is 2.22. The van der Waals surface area contributed by atoms with E-state index in [9.17, 15) is 9.59 Å². The molecule has 2 rings (SSSR count). The van der Waals surface area contributed by atoms with Crippen LogP contribution in [-0.2, 0) is 0 Å². The van der Waals surface area contributed by atoms with Gasteiger partial charge in [0, 0.05) is 22.3 Å². The molecule has 0 amide bonds. The predicted octanol–water partition coefficient (Wildman–Crippen LogP) is 4.17. The second-order valence-electron chi connectivity index (χ2n) is 4.97. The standard InChI is InChI=1S/C17H19O2/c1-3-4-5-6-9-13-12(2)16(18)14-10-7-8-11-15(14)17(13)19/h7-8,10-11H,1,3-6,9H2,2H3. The first-order valence-corrected chi connectivity index (χ1v) is 6.84. The Hall–Kier alpha value is -1.70. The minimum atomic E-state index is 0.00218. The van der Waals surface area contributed by atoms with Crippen molar-refractivity contribution in [1.29, 1.82) is 0 Å². The smallest absolute Gasteiger partial charge is 0.190 e. The number of allylic oxidation sites excluding steroid dienone is 2. The highest BCUT2D eigenvalue weighted by molar-refractivity contribution is 6.26. The van der Waals surface area contributed by atoms with Gasteiger partial charge in [0.25, 0.3) is 0 Å². The number of benzene rings is 1. The lowest BCUT2D eigenvalue weighted by atomic mass is 9.83. The third kappa shape index (κ3) is 2.67. The van der Waals surface area contributed by atoms with Crippen LogP contribution in [0.1, 0.15) is 59.7 Å². The van der Waals surface area contributed by atoms with Crippen molar-refractivity contribution < 1.29 is 9.59 Å². The van der Waals surface area contributed by atoms with Crippen LogP contribution in [0.2, 0.25) is 0 Å². The number of carbonyl (C=O) groups is 2. The summed E-state index contributed by atoms with van der Waals surface area (Å²) in [5.74, 6) is 0.0321. The lowest BCUT2D eigenvalue weighted by Gasteiger charge is -2.18. The number of fused-ring (bicyclic) bond motifs is 1. The number of Topliss-reactive ketones (excluding diaryl/α,β-unsaturated/α-hetero) is 2. The van der Waals surface area contributed by atoms with Gasteiger partial charge in [0.05, 0.1) is 0 Å². The van der Waals surface area contributed by atoms with E-state index in [0.717, 1.165) is 25.7 Å². The SMILES string of the molecule is [CH2]CCCCCC1=C(C)C(=O)c2ccccc2C1=O. The molecule has 0 saturated carbocycles. The molecule has 1 aromatic rings. The molecule has 0 bridgehead atoms. The van der Waals surface area contributed by atoms with Crippen LogP contribution in [0.4, 0.5) is 0 Å². The molecule has 0 saturated heterocycles. The van der Waals surface area contributed by atoms with Gasteiger partial charge in [-0.3, -0.25) is 9.59 Å². The van der Waals surface area contributed by atoms with Gasteiger partial charge in [-0.05, 0) is 19.8 Å². The molecule has 1 aromatic carbocycles. The predicted molar refractivity (Wildman–Crippen MR) is 76.2 cm³/mol. The summed E-state index contributed by atoms with van der Waals surface area (Å²) >= 11 is 0. The number of rotatable bonds is 5. The fourth-order valence-corrected chi connectivity index (χ4v) is 2.51. The van der Waals surface area contributed by atoms with E-state index in [1.807, 2.05) is 6.07 Å². The Kier molecular flexibility index (Phi) is 4.31. The van der Waals surface area contributed by atoms with Crippen LogP contribution in [0.25, 0.3) is 0 Å². The lowest BCUT2D eigenvalue weighted by molar-refractivity contribution is 0.0971. The second kappa shape index (κ2) is 5.96. The molecular weight excluding hydrogens is 236 g/mol. The average Bonchev–Trinajstić information content (AvgIpc) is 2.44. The van der Waals surface area contributed by atoms with E-state index in [1.54, 1.807) is 25.1 Å². The van der Waals surface area contributed by atoms with E-state index in [1.165, 1.54) is 0 Å². The molecule has 0 unspecified atom stereocenters. The van der Waals surface area contributed by atoms with Gasteiger partial charge in [0.1, 0.15) is 0 Å². The number of unbranched alkanes of at least 4 members (excludes halogenated alkanes) is 3. The maximum Gasteiger partial charge on any atom is 0.190 e. The summed E-state index contributed by atoms with van der Waals surface area (Å²) in [6, 6.07) is 7.10. The van der Waals surface area contributed by atoms with E-state index in [0.29, 0.717) is 28.7 Å². The third-order valence-electron chi connectivity index (χ3n) is 3.66. The van der Waals surface area contributed by atoms with Gasteiger partial charge in [-0.2, -0.15) is 0 Å². The van der Waals surface area contributed by atoms with Crippen LogP contribution in [0, 0.1) is 6.92 Å². The van der Waals surface area contributed by atoms with E-state index < -0.39 is 0 Å². The van der Waals surface area contributed by atoms with Gasteiger partial charge >= 0.3 is 0 Å². The van der Waals surface area contributed by atoms with E-state index in [4.69, 9.17) is 0 Å². The van der Waals surface area contributed by atoms with Crippen LogP contribution < -0.4 is 0 Å². The Morgan fingerprint density at radius 3 is 2.21 bits per heavy atom. The van der Waals surface area contributed by atoms with Crippen molar-refractivity contribution in [3.63, 3.8) is 0 Å². The molecule has 0 heterocycles. The molecule has 0 N–H and O–H groups in total. The van der Waals surface area contributed by atoms with E-state index >= 15 is 0 Å². The van der Waals surface area contributed by atoms with Gasteiger partial charge in [-0.15, -0.1) is 0 Å². The van der Waals surface area contributed by atoms with E-state index in [-0.39, 0.29) is 11.6 Å². The summed E-state index contributed by atoms with van der Waals surface area (Å²) in [5.41, 5.74) is 2.43. The molecule has 0 atom stereocenters. The molecule has 0 spiro atoms. The number of hydrogen-bond acceptors (Lipinski definition) is 2. The zero-order valence-corrected chi connectivity index (χ0v) is 11.4. The van der Waals surface area contributed by atoms with Gasteiger partial charge in [-0.25, -0.2) is 0 Å². The summed E-state index contributed by atoms with van der Waals surface area (Å²) in [6.45, 7) is 5.58. The molecule has 1 radical (unpaired) electrons. The normalized spacial score (nSPS) is 14.8. The summed E-state index contributed by atoms with van der Waals surface area (Å²) < 4.78 is 0. The Labute approximate surface area is 114 Å². The largest absolute Gasteiger partial charge is 0.289 e. The summed E-state index contributed by atoms with van der Waals surface area (Å²) in [5, 5.41) is 0. The van der Waals surface area contributed by atoms with Crippen molar-refractivity contribution in [1.82, 2.24) is 0 Å². The van der Waals surface area contributed by atoms with Crippen molar-refractivity contribution in [3.8, 4) is 0 Å². The fourth-order valence-electron chi connectivity index (χ4n) is 2.51. The second-order valence-corrected chi connectivity index (χ2v) is 4.97. The number of ketones is 2. The van der Waals surface area contributed by atoms with Crippen molar-refractivity contribution >= 4 is 11.6 Å². The third-order valence-corrected chi connectivity index (χ3v) is 3.66. The molecule has 0 fully saturated rings. The van der Waals surface area contributed by atoms with Gasteiger partial charge in [0.2, 0.25) is 0 Å². The Morgan fingerprint density at radius 2 is 1.58 bits per heavy atom. The highest BCUT2D eigenvalue weighted by Crippen LogP contribution is 2.28. The maximum absolute atomic E-state index is 12.4. The summed E-state index contributed by atoms with van der Waals surface area (Å²) in [6.07, 6.45) is 4.70. The molecule has 1 aliphatic rings. The van der Waals surface area contributed by atoms with Crippen LogP contribution in [0.5, 0.6) is 0 Å². The fraction of sp³-hybridized carbons (Fsp3) is 0.353. The molecule has 1 aliphatic carbocycles. The molecule has 2 heteroatoms. The van der Waals surface area contributed by atoms with E-state index in [2.05, 4.69) is 6.92 Å². The number of carbonyl (C=O) groups excluding carboxylic acids is 2. The van der Waals surface area contributed by atoms with Crippen molar-refractivity contribution in [2.45, 2.75) is 39.0 Å². The lowest BCUT2D eigenvalue weighted by Crippen LogP contribution is -2.20. The highest BCUT2D eigenvalue weighted by atomic mass is 16.1. The minimum absolute atomic E-state index is 0.00218. The van der Waals surface area contributed by atoms with Crippen LogP contribution in [-0.4, -0.2) is 11.6 Å². The zero-order valence-electron chi connectivity index (χ0n) is 11.4. The van der Waals surface area contributed by atoms with Crippen molar-refractivity contribution in [3.05, 3.63) is 53.5 Å². The molecule has 2 nitrogen and oxygen atoms in total. The molecule has 19 heavy (non-hydrogen) atoms. The van der Waals surface area contributed by atoms with Gasteiger partial charge < -0.3 is 0 Å². The highest BCUT2D eigenvalue weighted by Gasteiger charge is 2.28. The van der Waals surface area contributed by atoms with Crippen molar-refractivity contribution in [2.24, 2.45) is 0 Å². The first kappa shape index (κ1) is 13.7. The van der Waals surface area contributed by atoms with Gasteiger partial charge in [0.15, 0.2) is 11.6 Å². The summed E-state index contributed by atoms with van der Waals surface area (Å²) in [7, 11) is 0. The maximum atomic E-state index is 12.4. The molecular formula is C17H19O2. The number of hydrogen-bond donors (Lipinski definition) is 0. The van der Waals surface area contributed by atoms with Crippen molar-refractivity contribution in [2.75, 3.05) is 0 Å². The summed E-state index contributed by atoms with van der Waals surface area (Å²) in [4.78, 5) is 24.7. The first-order valence-electron chi connectivity index (χ1n) is 6.84. The Morgan fingerprint density at radius 1 is 0.947 bits per heavy atom. The average molecular weight is 255 g/mol. The first-order chi connectivity index (χ1) is 9.16. The Bertz CT molecular complexity index is 538. The molecule has 0 aliphatic heterocycles. The van der Waals surface area contributed by atoms with Gasteiger partial charge in [-0.1, -0.05) is 50.5 Å². The monoisotopic (exact) mass is 255 g/mol. The van der Waals surface area contributed by atoms with Crippen LogP contribution >= 0.6 is 0 Å². The molecule has 0 aromatic heterocycles. The topological polar surface area (TPSA) is 34.1 Å². The van der Waals surface area contributed by atoms with Crippen LogP contribution in [0.15, 0.2) is 35.4 Å². The zero-order chi connectivity index (χ0) is 13.8. The molecule has 99 valence electrons. The quantitative estimate of drug-likeness (QED) is 0.740. The minimum Gasteiger partial charge on any atom is -0.289 e.